The topological polar surface area (TPSA) is 98.2 Å². The Morgan fingerprint density at radius 1 is 1.06 bits per heavy atom. The zero-order chi connectivity index (χ0) is 13.3. The van der Waals surface area contributed by atoms with Gasteiger partial charge in [0.2, 0.25) is 0 Å². The molecule has 0 atom stereocenters. The molecule has 1 saturated carbocycles. The Labute approximate surface area is 104 Å². The molecule has 2 aliphatic rings. The largest absolute Gasteiger partial charge is 0.465 e. The van der Waals surface area contributed by atoms with Crippen LogP contribution in [0.2, 0.25) is 0 Å². The lowest BCUT2D eigenvalue weighted by Crippen LogP contribution is -2.67. The molecule has 1 spiro atoms. The van der Waals surface area contributed by atoms with Crippen molar-refractivity contribution in [3.63, 3.8) is 0 Å². The first kappa shape index (κ1) is 12.7. The highest BCUT2D eigenvalue weighted by atomic mass is 16.4. The van der Waals surface area contributed by atoms with Crippen LogP contribution in [0.1, 0.15) is 32.1 Å². The molecule has 2 N–H and O–H groups in total. The quantitative estimate of drug-likeness (QED) is 0.678. The normalized spacial score (nSPS) is 23.2. The van der Waals surface area contributed by atoms with Gasteiger partial charge in [0.1, 0.15) is 6.54 Å². The molecule has 0 unspecified atom stereocenters. The molecule has 1 saturated heterocycles. The van der Waals surface area contributed by atoms with Crippen molar-refractivity contribution in [3.05, 3.63) is 0 Å². The Hall–Kier alpha value is -1.79. The summed E-state index contributed by atoms with van der Waals surface area (Å²) in [6, 6.07) is 0. The van der Waals surface area contributed by atoms with Crippen LogP contribution >= 0.6 is 0 Å². The summed E-state index contributed by atoms with van der Waals surface area (Å²) < 4.78 is 0. The van der Waals surface area contributed by atoms with Gasteiger partial charge in [0.15, 0.2) is 0 Å². The number of nitrogens with zero attached hydrogens (tertiary/aromatic N) is 2. The fraction of sp³-hybridized carbons (Fsp3) is 0.727. The van der Waals surface area contributed by atoms with Gasteiger partial charge in [-0.2, -0.15) is 0 Å². The summed E-state index contributed by atoms with van der Waals surface area (Å²) >= 11 is 0. The highest BCUT2D eigenvalue weighted by Crippen LogP contribution is 2.37. The van der Waals surface area contributed by atoms with E-state index in [4.69, 9.17) is 5.11 Å². The zero-order valence-corrected chi connectivity index (χ0v) is 9.96. The molecule has 1 heterocycles. The van der Waals surface area contributed by atoms with Gasteiger partial charge in [-0.3, -0.25) is 9.69 Å². The van der Waals surface area contributed by atoms with Crippen LogP contribution in [-0.2, 0) is 4.79 Å². The summed E-state index contributed by atoms with van der Waals surface area (Å²) in [4.78, 5) is 36.0. The summed E-state index contributed by atoms with van der Waals surface area (Å²) in [6.07, 6.45) is 1.31. The first-order valence-corrected chi connectivity index (χ1v) is 6.00. The molecule has 1 aliphatic carbocycles. The average Bonchev–Trinajstić information content (AvgIpc) is 2.28. The van der Waals surface area contributed by atoms with Crippen molar-refractivity contribution >= 4 is 18.1 Å². The Kier molecular flexibility index (Phi) is 3.14. The van der Waals surface area contributed by atoms with Gasteiger partial charge in [0.05, 0.1) is 5.54 Å². The smallest absolute Gasteiger partial charge is 0.414 e. The van der Waals surface area contributed by atoms with Gasteiger partial charge in [-0.25, -0.2) is 14.5 Å². The molecular weight excluding hydrogens is 240 g/mol. The lowest BCUT2D eigenvalue weighted by atomic mass is 9.78. The lowest BCUT2D eigenvalue weighted by Gasteiger charge is -2.49. The maximum Gasteiger partial charge on any atom is 0.414 e. The van der Waals surface area contributed by atoms with Crippen molar-refractivity contribution in [2.45, 2.75) is 37.6 Å². The monoisotopic (exact) mass is 256 g/mol. The number of carbonyl (C=O) groups excluding carboxylic acids is 1. The van der Waals surface area contributed by atoms with Crippen molar-refractivity contribution in [2.75, 3.05) is 13.1 Å². The molecular formula is C11H16N2O5. The first-order valence-electron chi connectivity index (χ1n) is 6.00. The number of piperazine rings is 1. The van der Waals surface area contributed by atoms with E-state index in [-0.39, 0.29) is 13.1 Å². The number of imide groups is 1. The van der Waals surface area contributed by atoms with Crippen molar-refractivity contribution < 1.29 is 24.6 Å². The Bertz CT molecular complexity index is 389. The number of amides is 3. The van der Waals surface area contributed by atoms with E-state index in [1.807, 2.05) is 0 Å². The molecule has 0 aromatic rings. The van der Waals surface area contributed by atoms with Gasteiger partial charge in [0, 0.05) is 6.54 Å². The molecule has 7 heteroatoms. The Balaban J connectivity index is 2.32. The molecule has 0 radical (unpaired) electrons. The minimum atomic E-state index is -1.27. The average molecular weight is 256 g/mol. The molecule has 0 bridgehead atoms. The number of hydrogen-bond donors (Lipinski definition) is 2. The van der Waals surface area contributed by atoms with Gasteiger partial charge in [-0.05, 0) is 12.8 Å². The summed E-state index contributed by atoms with van der Waals surface area (Å²) in [5.74, 6) is -0.641. The van der Waals surface area contributed by atoms with Gasteiger partial charge >= 0.3 is 12.2 Å². The van der Waals surface area contributed by atoms with Crippen LogP contribution < -0.4 is 0 Å². The standard InChI is InChI=1S/C11H16N2O5/c14-8-6-12(9(15)16)7-11(13(8)10(17)18)4-2-1-3-5-11/h1-7H2,(H,15,16)(H,17,18). The zero-order valence-electron chi connectivity index (χ0n) is 9.96. The van der Waals surface area contributed by atoms with E-state index < -0.39 is 23.6 Å². The van der Waals surface area contributed by atoms with Crippen molar-refractivity contribution in [1.82, 2.24) is 9.80 Å². The maximum absolute atomic E-state index is 11.9. The van der Waals surface area contributed by atoms with Crippen LogP contribution in [0, 0.1) is 0 Å². The van der Waals surface area contributed by atoms with E-state index in [1.54, 1.807) is 0 Å². The predicted molar refractivity (Wildman–Crippen MR) is 60.3 cm³/mol. The van der Waals surface area contributed by atoms with Gasteiger partial charge in [-0.15, -0.1) is 0 Å². The van der Waals surface area contributed by atoms with E-state index in [2.05, 4.69) is 0 Å². The molecule has 0 aromatic heterocycles. The van der Waals surface area contributed by atoms with Crippen LogP contribution in [0.5, 0.6) is 0 Å². The summed E-state index contributed by atoms with van der Waals surface area (Å²) in [5.41, 5.74) is -0.849. The molecule has 18 heavy (non-hydrogen) atoms. The second-order valence-electron chi connectivity index (χ2n) is 4.94. The number of hydrogen-bond acceptors (Lipinski definition) is 3. The number of carboxylic acid groups (broad SMARTS) is 2. The highest BCUT2D eigenvalue weighted by Gasteiger charge is 2.50. The van der Waals surface area contributed by atoms with Gasteiger partial charge in [0.25, 0.3) is 5.91 Å². The van der Waals surface area contributed by atoms with Gasteiger partial charge in [-0.1, -0.05) is 19.3 Å². The van der Waals surface area contributed by atoms with E-state index in [9.17, 15) is 19.5 Å². The van der Waals surface area contributed by atoms with E-state index in [0.29, 0.717) is 12.8 Å². The minimum Gasteiger partial charge on any atom is -0.465 e. The van der Waals surface area contributed by atoms with Gasteiger partial charge < -0.3 is 10.2 Å². The molecule has 2 fully saturated rings. The van der Waals surface area contributed by atoms with E-state index in [0.717, 1.165) is 29.1 Å². The van der Waals surface area contributed by atoms with Crippen LogP contribution in [0.15, 0.2) is 0 Å². The molecule has 0 aromatic carbocycles. The van der Waals surface area contributed by atoms with E-state index >= 15 is 0 Å². The third-order valence-electron chi connectivity index (χ3n) is 3.78. The Morgan fingerprint density at radius 2 is 1.67 bits per heavy atom. The van der Waals surface area contributed by atoms with Crippen LogP contribution in [-0.4, -0.2) is 56.7 Å². The predicted octanol–water partition coefficient (Wildman–Crippen LogP) is 1.19. The number of rotatable bonds is 0. The lowest BCUT2D eigenvalue weighted by molar-refractivity contribution is -0.143. The summed E-state index contributed by atoms with van der Waals surface area (Å²) in [7, 11) is 0. The SMILES string of the molecule is O=C(O)N1CC(=O)N(C(=O)O)C2(CCCCC2)C1. The second kappa shape index (κ2) is 4.47. The van der Waals surface area contributed by atoms with Crippen molar-refractivity contribution in [2.24, 2.45) is 0 Å². The molecule has 7 nitrogen and oxygen atoms in total. The summed E-state index contributed by atoms with van der Waals surface area (Å²) in [6.45, 7) is -0.274. The fourth-order valence-corrected chi connectivity index (χ4v) is 3.02. The summed E-state index contributed by atoms with van der Waals surface area (Å²) in [5, 5.41) is 18.2. The van der Waals surface area contributed by atoms with Crippen LogP contribution in [0.3, 0.4) is 0 Å². The fourth-order valence-electron chi connectivity index (χ4n) is 3.02. The molecule has 100 valence electrons. The van der Waals surface area contributed by atoms with Crippen molar-refractivity contribution in [1.29, 1.82) is 0 Å². The third-order valence-corrected chi connectivity index (χ3v) is 3.78. The van der Waals surface area contributed by atoms with Crippen LogP contribution in [0.25, 0.3) is 0 Å². The van der Waals surface area contributed by atoms with Crippen LogP contribution in [0.4, 0.5) is 9.59 Å². The molecule has 2 rings (SSSR count). The van der Waals surface area contributed by atoms with E-state index in [1.165, 1.54) is 0 Å². The van der Waals surface area contributed by atoms with Crippen molar-refractivity contribution in [3.8, 4) is 0 Å². The Morgan fingerprint density at radius 3 is 2.17 bits per heavy atom. The maximum atomic E-state index is 11.9. The molecule has 1 aliphatic heterocycles. The number of carbonyl (C=O) groups is 3. The first-order chi connectivity index (χ1) is 8.46. The highest BCUT2D eigenvalue weighted by molar-refractivity contribution is 5.95. The minimum absolute atomic E-state index is 0.0976. The second-order valence-corrected chi connectivity index (χ2v) is 4.94. The molecule has 3 amide bonds. The third kappa shape index (κ3) is 2.00.